The van der Waals surface area contributed by atoms with Gasteiger partial charge in [-0.3, -0.25) is 4.79 Å². The second-order valence-electron chi connectivity index (χ2n) is 5.35. The third-order valence-corrected chi connectivity index (χ3v) is 4.88. The number of rotatable bonds is 6. The fourth-order valence-electron chi connectivity index (χ4n) is 2.37. The van der Waals surface area contributed by atoms with E-state index in [1.165, 1.54) is 31.2 Å². The molecule has 1 aliphatic rings. The Morgan fingerprint density at radius 3 is 2.65 bits per heavy atom. The first-order valence-corrected chi connectivity index (χ1v) is 8.36. The van der Waals surface area contributed by atoms with E-state index in [1.807, 2.05) is 6.92 Å². The molecule has 0 radical (unpaired) electrons. The second kappa shape index (κ2) is 6.51. The zero-order chi connectivity index (χ0) is 14.6. The fourth-order valence-corrected chi connectivity index (χ4v) is 3.50. The van der Waals surface area contributed by atoms with Crippen molar-refractivity contribution in [3.63, 3.8) is 0 Å². The molecule has 0 bridgehead atoms. The Bertz CT molecular complexity index is 571. The summed E-state index contributed by atoms with van der Waals surface area (Å²) in [6, 6.07) is 2.52. The summed E-state index contributed by atoms with van der Waals surface area (Å²) in [5, 5.41) is 0. The predicted molar refractivity (Wildman–Crippen MR) is 77.1 cm³/mol. The number of pyridine rings is 1. The first-order chi connectivity index (χ1) is 9.47. The van der Waals surface area contributed by atoms with E-state index in [9.17, 15) is 13.2 Å². The van der Waals surface area contributed by atoms with E-state index < -0.39 is 10.0 Å². The Kier molecular flexibility index (Phi) is 4.95. The van der Waals surface area contributed by atoms with Crippen molar-refractivity contribution in [1.29, 1.82) is 0 Å². The Hall–Kier alpha value is -1.18. The molecular weight excluding hydrogens is 278 g/mol. The number of H-pyrrole nitrogens is 1. The molecule has 2 N–H and O–H groups in total. The molecule has 1 fully saturated rings. The van der Waals surface area contributed by atoms with Gasteiger partial charge in [0.15, 0.2) is 0 Å². The smallest absolute Gasteiger partial charge is 0.247 e. The minimum Gasteiger partial charge on any atom is -0.328 e. The molecule has 1 atom stereocenters. The third kappa shape index (κ3) is 4.16. The van der Waals surface area contributed by atoms with Crippen LogP contribution in [0.25, 0.3) is 0 Å². The van der Waals surface area contributed by atoms with Crippen LogP contribution < -0.4 is 10.3 Å². The zero-order valence-corrected chi connectivity index (χ0v) is 12.4. The van der Waals surface area contributed by atoms with Crippen LogP contribution in [0.4, 0.5) is 0 Å². The topological polar surface area (TPSA) is 82.3 Å². The molecule has 20 heavy (non-hydrogen) atoms. The zero-order valence-electron chi connectivity index (χ0n) is 11.6. The highest BCUT2D eigenvalue weighted by Gasteiger charge is 2.18. The van der Waals surface area contributed by atoms with Crippen molar-refractivity contribution < 1.29 is 8.42 Å². The molecule has 0 aromatic carbocycles. The highest BCUT2D eigenvalue weighted by Crippen LogP contribution is 2.10. The minimum atomic E-state index is -3.54. The van der Waals surface area contributed by atoms with E-state index in [0.717, 1.165) is 19.6 Å². The van der Waals surface area contributed by atoms with Crippen LogP contribution in [-0.4, -0.2) is 44.5 Å². The van der Waals surface area contributed by atoms with Gasteiger partial charge in [-0.15, -0.1) is 0 Å². The molecule has 1 saturated heterocycles. The molecule has 7 heteroatoms. The molecule has 0 spiro atoms. The van der Waals surface area contributed by atoms with Crippen LogP contribution >= 0.6 is 0 Å². The lowest BCUT2D eigenvalue weighted by molar-refractivity contribution is 0.288. The van der Waals surface area contributed by atoms with E-state index in [4.69, 9.17) is 0 Å². The van der Waals surface area contributed by atoms with Gasteiger partial charge in [-0.1, -0.05) is 6.92 Å². The van der Waals surface area contributed by atoms with Gasteiger partial charge >= 0.3 is 0 Å². The maximum Gasteiger partial charge on any atom is 0.247 e. The highest BCUT2D eigenvalue weighted by molar-refractivity contribution is 7.89. The SMILES string of the molecule is CC(CNS(=O)(=O)c1ccc(=O)[nH]c1)CN1CCCC1. The van der Waals surface area contributed by atoms with Crippen LogP contribution in [0, 0.1) is 5.92 Å². The number of hydrogen-bond acceptors (Lipinski definition) is 4. The Labute approximate surface area is 119 Å². The van der Waals surface area contributed by atoms with Crippen molar-refractivity contribution in [2.75, 3.05) is 26.2 Å². The number of aromatic nitrogens is 1. The molecular formula is C13H21N3O3S. The van der Waals surface area contributed by atoms with Gasteiger partial charge in [0.25, 0.3) is 0 Å². The maximum absolute atomic E-state index is 12.0. The molecule has 1 unspecified atom stereocenters. The van der Waals surface area contributed by atoms with Gasteiger partial charge in [0.2, 0.25) is 15.6 Å². The van der Waals surface area contributed by atoms with E-state index in [0.29, 0.717) is 6.54 Å². The Morgan fingerprint density at radius 1 is 1.35 bits per heavy atom. The van der Waals surface area contributed by atoms with Gasteiger partial charge in [-0.25, -0.2) is 13.1 Å². The molecule has 112 valence electrons. The van der Waals surface area contributed by atoms with Crippen LogP contribution in [0.1, 0.15) is 19.8 Å². The summed E-state index contributed by atoms with van der Waals surface area (Å²) >= 11 is 0. The lowest BCUT2D eigenvalue weighted by Gasteiger charge is -2.20. The number of hydrogen-bond donors (Lipinski definition) is 2. The van der Waals surface area contributed by atoms with Crippen molar-refractivity contribution in [1.82, 2.24) is 14.6 Å². The molecule has 0 amide bonds. The number of nitrogens with zero attached hydrogens (tertiary/aromatic N) is 1. The number of aromatic amines is 1. The van der Waals surface area contributed by atoms with E-state index in [-0.39, 0.29) is 16.4 Å². The Morgan fingerprint density at radius 2 is 2.05 bits per heavy atom. The predicted octanol–water partition coefficient (Wildman–Crippen LogP) is 0.385. The third-order valence-electron chi connectivity index (χ3n) is 3.46. The number of nitrogens with one attached hydrogen (secondary N) is 2. The van der Waals surface area contributed by atoms with Gasteiger partial charge in [0, 0.05) is 25.4 Å². The summed E-state index contributed by atoms with van der Waals surface area (Å²) in [4.78, 5) is 15.7. The summed E-state index contributed by atoms with van der Waals surface area (Å²) < 4.78 is 26.7. The van der Waals surface area contributed by atoms with E-state index in [1.54, 1.807) is 0 Å². The monoisotopic (exact) mass is 299 g/mol. The number of likely N-dealkylation sites (tertiary alicyclic amines) is 1. The van der Waals surface area contributed by atoms with Crippen molar-refractivity contribution in [2.45, 2.75) is 24.7 Å². The quantitative estimate of drug-likeness (QED) is 0.796. The first-order valence-electron chi connectivity index (χ1n) is 6.88. The van der Waals surface area contributed by atoms with Crippen LogP contribution in [0.5, 0.6) is 0 Å². The lowest BCUT2D eigenvalue weighted by atomic mass is 10.2. The lowest BCUT2D eigenvalue weighted by Crippen LogP contribution is -2.34. The minimum absolute atomic E-state index is 0.0884. The van der Waals surface area contributed by atoms with Crippen molar-refractivity contribution in [3.05, 3.63) is 28.7 Å². The summed E-state index contributed by atoms with van der Waals surface area (Å²) in [5.74, 6) is 0.255. The normalized spacial score (nSPS) is 18.2. The summed E-state index contributed by atoms with van der Waals surface area (Å²) in [6.45, 7) is 5.56. The van der Waals surface area contributed by atoms with Crippen LogP contribution in [0.2, 0.25) is 0 Å². The first kappa shape index (κ1) is 15.2. The van der Waals surface area contributed by atoms with Crippen molar-refractivity contribution in [3.8, 4) is 0 Å². The molecule has 0 aliphatic carbocycles. The van der Waals surface area contributed by atoms with Crippen LogP contribution in [0.3, 0.4) is 0 Å². The molecule has 6 nitrogen and oxygen atoms in total. The van der Waals surface area contributed by atoms with Gasteiger partial charge < -0.3 is 9.88 Å². The van der Waals surface area contributed by atoms with Crippen molar-refractivity contribution in [2.24, 2.45) is 5.92 Å². The molecule has 2 rings (SSSR count). The molecule has 1 aromatic heterocycles. The summed E-state index contributed by atoms with van der Waals surface area (Å²) in [7, 11) is -3.54. The van der Waals surface area contributed by atoms with Gasteiger partial charge in [0.1, 0.15) is 0 Å². The molecule has 0 saturated carbocycles. The average Bonchev–Trinajstić information content (AvgIpc) is 2.90. The largest absolute Gasteiger partial charge is 0.328 e. The Balaban J connectivity index is 1.88. The van der Waals surface area contributed by atoms with Crippen LogP contribution in [0.15, 0.2) is 28.0 Å². The van der Waals surface area contributed by atoms with Gasteiger partial charge in [-0.2, -0.15) is 0 Å². The summed E-state index contributed by atoms with van der Waals surface area (Å²) in [6.07, 6.45) is 3.68. The van der Waals surface area contributed by atoms with E-state index >= 15 is 0 Å². The number of sulfonamides is 1. The average molecular weight is 299 g/mol. The highest BCUT2D eigenvalue weighted by atomic mass is 32.2. The summed E-state index contributed by atoms with van der Waals surface area (Å²) in [5.41, 5.74) is -0.314. The molecule has 1 aromatic rings. The maximum atomic E-state index is 12.0. The molecule has 1 aliphatic heterocycles. The van der Waals surface area contributed by atoms with Gasteiger partial charge in [-0.05, 0) is 37.9 Å². The standard InChI is InChI=1S/C13H21N3O3S/c1-11(10-16-6-2-3-7-16)8-15-20(18,19)12-4-5-13(17)14-9-12/h4-5,9,11,15H,2-3,6-8,10H2,1H3,(H,14,17). The second-order valence-corrected chi connectivity index (χ2v) is 7.12. The molecule has 2 heterocycles. The van der Waals surface area contributed by atoms with Crippen LogP contribution in [-0.2, 0) is 10.0 Å². The van der Waals surface area contributed by atoms with E-state index in [2.05, 4.69) is 14.6 Å². The van der Waals surface area contributed by atoms with Gasteiger partial charge in [0.05, 0.1) is 4.90 Å². The van der Waals surface area contributed by atoms with Crippen molar-refractivity contribution >= 4 is 10.0 Å². The fraction of sp³-hybridized carbons (Fsp3) is 0.615.